The first-order valence-corrected chi connectivity index (χ1v) is 7.76. The van der Waals surface area contributed by atoms with E-state index >= 15 is 0 Å². The highest BCUT2D eigenvalue weighted by molar-refractivity contribution is 4.84. The average molecular weight is 255 g/mol. The molecule has 0 aromatic carbocycles. The Morgan fingerprint density at radius 1 is 0.611 bits per heavy atom. The first-order chi connectivity index (χ1) is 7.76. The molecule has 0 saturated heterocycles. The quantitative estimate of drug-likeness (QED) is 0.534. The van der Waals surface area contributed by atoms with Crippen molar-refractivity contribution < 1.29 is 0 Å². The van der Waals surface area contributed by atoms with Crippen molar-refractivity contribution in [3.8, 4) is 0 Å². The Hall–Kier alpha value is 0. The van der Waals surface area contributed by atoms with Crippen molar-refractivity contribution in [2.75, 3.05) is 0 Å². The summed E-state index contributed by atoms with van der Waals surface area (Å²) in [5.74, 6) is 1.62. The Kier molecular flexibility index (Phi) is 5.97. The van der Waals surface area contributed by atoms with E-state index in [4.69, 9.17) is 0 Å². The lowest BCUT2D eigenvalue weighted by atomic mass is 9.64. The van der Waals surface area contributed by atoms with E-state index in [1.165, 1.54) is 19.3 Å². The molecule has 0 fully saturated rings. The predicted molar refractivity (Wildman–Crippen MR) is 84.9 cm³/mol. The molecule has 0 saturated carbocycles. The van der Waals surface area contributed by atoms with Gasteiger partial charge < -0.3 is 0 Å². The van der Waals surface area contributed by atoms with E-state index in [1.807, 2.05) is 0 Å². The minimum Gasteiger partial charge on any atom is -0.0620 e. The molecule has 110 valence electrons. The van der Waals surface area contributed by atoms with Crippen molar-refractivity contribution in [2.24, 2.45) is 28.1 Å². The van der Waals surface area contributed by atoms with Crippen molar-refractivity contribution in [2.45, 2.75) is 88.5 Å². The summed E-state index contributed by atoms with van der Waals surface area (Å²) in [6.45, 7) is 23.9. The van der Waals surface area contributed by atoms with E-state index in [-0.39, 0.29) is 0 Å². The van der Waals surface area contributed by atoms with E-state index < -0.39 is 0 Å². The summed E-state index contributed by atoms with van der Waals surface area (Å²) in [5.41, 5.74) is 1.30. The second-order valence-corrected chi connectivity index (χ2v) is 9.48. The largest absolute Gasteiger partial charge is 0.0620 e. The highest BCUT2D eigenvalue weighted by Crippen LogP contribution is 2.43. The third-order valence-corrected chi connectivity index (χ3v) is 4.70. The number of hydrogen-bond acceptors (Lipinski definition) is 0. The van der Waals surface area contributed by atoms with Gasteiger partial charge in [0.2, 0.25) is 0 Å². The molecule has 0 aromatic rings. The first kappa shape index (κ1) is 18.0. The van der Waals surface area contributed by atoms with Gasteiger partial charge in [-0.1, -0.05) is 82.1 Å². The highest BCUT2D eigenvalue weighted by Gasteiger charge is 2.34. The molecule has 0 N–H and O–H groups in total. The van der Waals surface area contributed by atoms with Crippen LogP contribution in [0, 0.1) is 28.1 Å². The molecule has 0 aliphatic rings. The fraction of sp³-hybridized carbons (Fsp3) is 1.00. The second kappa shape index (κ2) is 5.97. The van der Waals surface area contributed by atoms with Gasteiger partial charge in [0.25, 0.3) is 0 Å². The van der Waals surface area contributed by atoms with Gasteiger partial charge in [-0.3, -0.25) is 0 Å². The monoisotopic (exact) mass is 254 g/mol. The van der Waals surface area contributed by atoms with Crippen molar-refractivity contribution >= 4 is 0 Å². The Bertz CT molecular complexity index is 214. The second-order valence-electron chi connectivity index (χ2n) is 9.48. The van der Waals surface area contributed by atoms with E-state index in [9.17, 15) is 0 Å². The fourth-order valence-corrected chi connectivity index (χ4v) is 3.23. The number of hydrogen-bond donors (Lipinski definition) is 0. The molecular weight excluding hydrogens is 216 g/mol. The highest BCUT2D eigenvalue weighted by atomic mass is 14.4. The van der Waals surface area contributed by atoms with Gasteiger partial charge in [-0.05, 0) is 34.5 Å². The Morgan fingerprint density at radius 3 is 1.28 bits per heavy atom. The zero-order chi connectivity index (χ0) is 14.8. The van der Waals surface area contributed by atoms with Crippen molar-refractivity contribution in [1.29, 1.82) is 0 Å². The van der Waals surface area contributed by atoms with Gasteiger partial charge in [-0.15, -0.1) is 0 Å². The summed E-state index contributed by atoms with van der Waals surface area (Å²) in [6.07, 6.45) is 4.11. The minimum absolute atomic E-state index is 0.420. The standard InChI is InChI=1S/C18H38/c1-14(16(2,3)4)12-11-13-15(17(5,6)7)18(8,9)10/h14-15H,11-13H2,1-10H3. The summed E-state index contributed by atoms with van der Waals surface area (Å²) in [5, 5.41) is 0. The van der Waals surface area contributed by atoms with Crippen LogP contribution in [0.15, 0.2) is 0 Å². The van der Waals surface area contributed by atoms with Crippen LogP contribution in [-0.4, -0.2) is 0 Å². The normalized spacial score (nSPS) is 16.2. The minimum atomic E-state index is 0.420. The molecule has 0 aromatic heterocycles. The Balaban J connectivity index is 4.41. The summed E-state index contributed by atoms with van der Waals surface area (Å²) >= 11 is 0. The van der Waals surface area contributed by atoms with Gasteiger partial charge in [0.05, 0.1) is 0 Å². The van der Waals surface area contributed by atoms with Crippen LogP contribution in [-0.2, 0) is 0 Å². The molecule has 0 nitrogen and oxygen atoms in total. The van der Waals surface area contributed by atoms with Crippen LogP contribution in [0.1, 0.15) is 88.5 Å². The Labute approximate surface area is 117 Å². The molecule has 1 atom stereocenters. The molecule has 0 aliphatic heterocycles. The lowest BCUT2D eigenvalue weighted by Gasteiger charge is -2.41. The first-order valence-electron chi connectivity index (χ1n) is 7.76. The van der Waals surface area contributed by atoms with Crippen LogP contribution in [0.4, 0.5) is 0 Å². The lowest BCUT2D eigenvalue weighted by Crippen LogP contribution is -2.32. The van der Waals surface area contributed by atoms with Crippen molar-refractivity contribution in [3.63, 3.8) is 0 Å². The van der Waals surface area contributed by atoms with Gasteiger partial charge in [0.15, 0.2) is 0 Å². The zero-order valence-corrected chi connectivity index (χ0v) is 14.8. The van der Waals surface area contributed by atoms with Crippen LogP contribution in [0.2, 0.25) is 0 Å². The van der Waals surface area contributed by atoms with Crippen LogP contribution < -0.4 is 0 Å². The number of rotatable bonds is 4. The molecule has 0 spiro atoms. The SMILES string of the molecule is CC(CCCC(C(C)(C)C)C(C)(C)C)C(C)(C)C. The molecular formula is C18H38. The third-order valence-electron chi connectivity index (χ3n) is 4.70. The van der Waals surface area contributed by atoms with Gasteiger partial charge in [0, 0.05) is 0 Å². The van der Waals surface area contributed by atoms with E-state index in [0.29, 0.717) is 16.2 Å². The molecule has 1 unspecified atom stereocenters. The van der Waals surface area contributed by atoms with Gasteiger partial charge in [0.1, 0.15) is 0 Å². The average Bonchev–Trinajstić information content (AvgIpc) is 2.05. The topological polar surface area (TPSA) is 0 Å². The summed E-state index contributed by atoms with van der Waals surface area (Å²) in [4.78, 5) is 0. The molecule has 0 bridgehead atoms. The van der Waals surface area contributed by atoms with Gasteiger partial charge in [-0.2, -0.15) is 0 Å². The zero-order valence-electron chi connectivity index (χ0n) is 14.8. The van der Waals surface area contributed by atoms with Crippen LogP contribution in [0.3, 0.4) is 0 Å². The maximum Gasteiger partial charge on any atom is -0.0317 e. The maximum absolute atomic E-state index is 2.41. The van der Waals surface area contributed by atoms with Crippen molar-refractivity contribution in [1.82, 2.24) is 0 Å². The Morgan fingerprint density at radius 2 is 1.00 bits per heavy atom. The molecule has 0 radical (unpaired) electrons. The van der Waals surface area contributed by atoms with Gasteiger partial charge >= 0.3 is 0 Å². The summed E-state index contributed by atoms with van der Waals surface area (Å²) < 4.78 is 0. The molecule has 0 heterocycles. The van der Waals surface area contributed by atoms with E-state index in [0.717, 1.165) is 11.8 Å². The maximum atomic E-state index is 2.41. The molecule has 0 rings (SSSR count). The molecule has 0 heteroatoms. The molecule has 18 heavy (non-hydrogen) atoms. The van der Waals surface area contributed by atoms with Crippen molar-refractivity contribution in [3.05, 3.63) is 0 Å². The van der Waals surface area contributed by atoms with E-state index in [1.54, 1.807) is 0 Å². The van der Waals surface area contributed by atoms with Crippen LogP contribution >= 0.6 is 0 Å². The lowest BCUT2D eigenvalue weighted by molar-refractivity contribution is 0.0862. The summed E-state index contributed by atoms with van der Waals surface area (Å²) in [6, 6.07) is 0. The predicted octanol–water partition coefficient (Wildman–Crippen LogP) is 6.55. The smallest absolute Gasteiger partial charge is 0.0317 e. The van der Waals surface area contributed by atoms with Crippen LogP contribution in [0.25, 0.3) is 0 Å². The summed E-state index contributed by atoms with van der Waals surface area (Å²) in [7, 11) is 0. The van der Waals surface area contributed by atoms with Crippen LogP contribution in [0.5, 0.6) is 0 Å². The molecule has 0 aliphatic carbocycles. The van der Waals surface area contributed by atoms with E-state index in [2.05, 4.69) is 69.2 Å². The molecule has 0 amide bonds. The third kappa shape index (κ3) is 6.25. The van der Waals surface area contributed by atoms with Gasteiger partial charge in [-0.25, -0.2) is 0 Å². The fourth-order valence-electron chi connectivity index (χ4n) is 3.23.